The van der Waals surface area contributed by atoms with E-state index in [0.29, 0.717) is 6.04 Å². The van der Waals surface area contributed by atoms with E-state index in [0.717, 1.165) is 18.9 Å². The summed E-state index contributed by atoms with van der Waals surface area (Å²) in [4.78, 5) is 0. The maximum absolute atomic E-state index is 3.70. The van der Waals surface area contributed by atoms with Crippen LogP contribution in [-0.2, 0) is 6.42 Å². The molecular weight excluding hydrogens is 206 g/mol. The molecule has 1 aliphatic rings. The zero-order valence-corrected chi connectivity index (χ0v) is 11.2. The first kappa shape index (κ1) is 12.6. The summed E-state index contributed by atoms with van der Waals surface area (Å²) in [5, 5.41) is 3.70. The first-order chi connectivity index (χ1) is 8.27. The topological polar surface area (TPSA) is 12.0 Å². The molecule has 1 nitrogen and oxygen atoms in total. The van der Waals surface area contributed by atoms with Gasteiger partial charge in [0.1, 0.15) is 0 Å². The number of nitrogens with one attached hydrogen (secondary N) is 1. The molecule has 0 radical (unpaired) electrons. The van der Waals surface area contributed by atoms with Crippen molar-refractivity contribution in [3.63, 3.8) is 0 Å². The van der Waals surface area contributed by atoms with Crippen molar-refractivity contribution in [2.45, 2.75) is 52.0 Å². The lowest BCUT2D eigenvalue weighted by Gasteiger charge is -2.20. The summed E-state index contributed by atoms with van der Waals surface area (Å²) < 4.78 is 0. The molecule has 1 aromatic rings. The maximum atomic E-state index is 3.70. The highest BCUT2D eigenvalue weighted by molar-refractivity contribution is 5.25. The lowest BCUT2D eigenvalue weighted by atomic mass is 9.99. The van der Waals surface area contributed by atoms with Gasteiger partial charge in [-0.05, 0) is 56.7 Å². The molecule has 17 heavy (non-hydrogen) atoms. The van der Waals surface area contributed by atoms with E-state index in [9.17, 15) is 0 Å². The van der Waals surface area contributed by atoms with Gasteiger partial charge in [-0.15, -0.1) is 0 Å². The summed E-state index contributed by atoms with van der Waals surface area (Å²) in [7, 11) is 0. The Kier molecular flexibility index (Phi) is 4.61. The Balaban J connectivity index is 1.74. The molecule has 94 valence electrons. The van der Waals surface area contributed by atoms with E-state index in [1.54, 1.807) is 0 Å². The van der Waals surface area contributed by atoms with Crippen molar-refractivity contribution in [1.29, 1.82) is 0 Å². The molecule has 1 atom stereocenters. The van der Waals surface area contributed by atoms with Crippen molar-refractivity contribution in [2.75, 3.05) is 6.54 Å². The van der Waals surface area contributed by atoms with Gasteiger partial charge in [0.2, 0.25) is 0 Å². The van der Waals surface area contributed by atoms with E-state index >= 15 is 0 Å². The molecule has 1 aromatic carbocycles. The maximum Gasteiger partial charge on any atom is 0.00671 e. The van der Waals surface area contributed by atoms with E-state index in [-0.39, 0.29) is 0 Å². The second kappa shape index (κ2) is 6.20. The van der Waals surface area contributed by atoms with Gasteiger partial charge in [-0.25, -0.2) is 0 Å². The smallest absolute Gasteiger partial charge is 0.00671 e. The van der Waals surface area contributed by atoms with E-state index in [4.69, 9.17) is 0 Å². The molecule has 0 aliphatic heterocycles. The molecule has 1 aliphatic carbocycles. The molecule has 0 spiro atoms. The third-order valence-electron chi connectivity index (χ3n) is 4.23. The monoisotopic (exact) mass is 231 g/mol. The van der Waals surface area contributed by atoms with Crippen LogP contribution in [0.1, 0.15) is 43.7 Å². The Labute approximate surface area is 106 Å². The van der Waals surface area contributed by atoms with Gasteiger partial charge in [0.15, 0.2) is 0 Å². The highest BCUT2D eigenvalue weighted by atomic mass is 14.9. The molecule has 0 amide bonds. The van der Waals surface area contributed by atoms with Gasteiger partial charge in [-0.3, -0.25) is 0 Å². The normalized spacial score (nSPS) is 18.5. The third-order valence-corrected chi connectivity index (χ3v) is 4.23. The van der Waals surface area contributed by atoms with Crippen molar-refractivity contribution < 1.29 is 0 Å². The molecule has 1 saturated carbocycles. The number of benzene rings is 1. The average molecular weight is 231 g/mol. The zero-order valence-electron chi connectivity index (χ0n) is 11.2. The van der Waals surface area contributed by atoms with Crippen LogP contribution in [0.5, 0.6) is 0 Å². The molecule has 0 saturated heterocycles. The van der Waals surface area contributed by atoms with Crippen LogP contribution in [0.3, 0.4) is 0 Å². The Morgan fingerprint density at radius 1 is 1.24 bits per heavy atom. The lowest BCUT2D eigenvalue weighted by Crippen LogP contribution is -2.33. The highest BCUT2D eigenvalue weighted by Gasteiger charge is 2.20. The molecule has 0 bridgehead atoms. The summed E-state index contributed by atoms with van der Waals surface area (Å²) in [5.41, 5.74) is 2.90. The third kappa shape index (κ3) is 3.57. The zero-order chi connectivity index (χ0) is 12.1. The Morgan fingerprint density at radius 3 is 2.65 bits per heavy atom. The fourth-order valence-corrected chi connectivity index (χ4v) is 2.95. The van der Waals surface area contributed by atoms with Crippen LogP contribution in [0.4, 0.5) is 0 Å². The fraction of sp³-hybridized carbons (Fsp3) is 0.625. The molecule has 1 heteroatoms. The molecule has 2 rings (SSSR count). The van der Waals surface area contributed by atoms with Crippen molar-refractivity contribution in [3.8, 4) is 0 Å². The summed E-state index contributed by atoms with van der Waals surface area (Å²) in [6.07, 6.45) is 6.89. The average Bonchev–Trinajstić information content (AvgIpc) is 2.85. The largest absolute Gasteiger partial charge is 0.314 e. The van der Waals surface area contributed by atoms with Gasteiger partial charge in [0.05, 0.1) is 0 Å². The van der Waals surface area contributed by atoms with Gasteiger partial charge in [-0.1, -0.05) is 37.1 Å². The van der Waals surface area contributed by atoms with Crippen molar-refractivity contribution in [2.24, 2.45) is 5.92 Å². The van der Waals surface area contributed by atoms with Crippen LogP contribution in [0, 0.1) is 12.8 Å². The van der Waals surface area contributed by atoms with Crippen molar-refractivity contribution >= 4 is 0 Å². The standard InChI is InChI=1S/C16H25N/c1-13-7-3-4-8-15(13)11-12-17-14(2)16-9-5-6-10-16/h3-4,7-8,14,16-17H,5-6,9-12H2,1-2H3. The molecule has 0 heterocycles. The number of rotatable bonds is 5. The van der Waals surface area contributed by atoms with Crippen LogP contribution < -0.4 is 5.32 Å². The highest BCUT2D eigenvalue weighted by Crippen LogP contribution is 2.27. The van der Waals surface area contributed by atoms with Gasteiger partial charge in [0, 0.05) is 6.04 Å². The van der Waals surface area contributed by atoms with Gasteiger partial charge < -0.3 is 5.32 Å². The van der Waals surface area contributed by atoms with Crippen molar-refractivity contribution in [3.05, 3.63) is 35.4 Å². The summed E-state index contributed by atoms with van der Waals surface area (Å²) in [6.45, 7) is 5.67. The summed E-state index contributed by atoms with van der Waals surface area (Å²) in [5.74, 6) is 0.923. The summed E-state index contributed by atoms with van der Waals surface area (Å²) in [6, 6.07) is 9.41. The van der Waals surface area contributed by atoms with Gasteiger partial charge >= 0.3 is 0 Å². The SMILES string of the molecule is Cc1ccccc1CCNC(C)C1CCCC1. The number of hydrogen-bond donors (Lipinski definition) is 1. The number of hydrogen-bond acceptors (Lipinski definition) is 1. The molecule has 1 N–H and O–H groups in total. The first-order valence-corrected chi connectivity index (χ1v) is 7.05. The molecule has 1 unspecified atom stereocenters. The van der Waals surface area contributed by atoms with E-state index in [1.807, 2.05) is 0 Å². The van der Waals surface area contributed by atoms with E-state index in [1.165, 1.54) is 36.8 Å². The minimum atomic E-state index is 0.696. The quantitative estimate of drug-likeness (QED) is 0.814. The van der Waals surface area contributed by atoms with Crippen LogP contribution in [0.15, 0.2) is 24.3 Å². The van der Waals surface area contributed by atoms with Crippen molar-refractivity contribution in [1.82, 2.24) is 5.32 Å². The van der Waals surface area contributed by atoms with Crippen LogP contribution in [-0.4, -0.2) is 12.6 Å². The van der Waals surface area contributed by atoms with E-state index < -0.39 is 0 Å². The minimum Gasteiger partial charge on any atom is -0.314 e. The number of aryl methyl sites for hydroxylation is 1. The predicted molar refractivity (Wildman–Crippen MR) is 74.3 cm³/mol. The Morgan fingerprint density at radius 2 is 1.94 bits per heavy atom. The van der Waals surface area contributed by atoms with Gasteiger partial charge in [-0.2, -0.15) is 0 Å². The van der Waals surface area contributed by atoms with Gasteiger partial charge in [0.25, 0.3) is 0 Å². The van der Waals surface area contributed by atoms with Crippen LogP contribution in [0.2, 0.25) is 0 Å². The Hall–Kier alpha value is -0.820. The predicted octanol–water partition coefficient (Wildman–Crippen LogP) is 3.71. The minimum absolute atomic E-state index is 0.696. The Bertz CT molecular complexity index is 339. The second-order valence-electron chi connectivity index (χ2n) is 5.46. The molecular formula is C16H25N. The van der Waals surface area contributed by atoms with Crippen LogP contribution in [0.25, 0.3) is 0 Å². The molecule has 0 aromatic heterocycles. The summed E-state index contributed by atoms with van der Waals surface area (Å²) >= 11 is 0. The van der Waals surface area contributed by atoms with E-state index in [2.05, 4.69) is 43.4 Å². The first-order valence-electron chi connectivity index (χ1n) is 7.05. The molecule has 1 fully saturated rings. The second-order valence-corrected chi connectivity index (χ2v) is 5.46. The van der Waals surface area contributed by atoms with Crippen LogP contribution >= 0.6 is 0 Å². The lowest BCUT2D eigenvalue weighted by molar-refractivity contribution is 0.384. The fourth-order valence-electron chi connectivity index (χ4n) is 2.95.